The molecule has 0 saturated carbocycles. The lowest BCUT2D eigenvalue weighted by atomic mass is 9.72. The van der Waals surface area contributed by atoms with Gasteiger partial charge in [-0.25, -0.2) is 19.2 Å². The Balaban J connectivity index is 1.11. The third kappa shape index (κ3) is 8.21. The number of anilines is 1. The van der Waals surface area contributed by atoms with Crippen LogP contribution in [0, 0.1) is 11.2 Å². The highest BCUT2D eigenvalue weighted by atomic mass is 19.1. The van der Waals surface area contributed by atoms with Gasteiger partial charge in [-0.15, -0.1) is 0 Å². The van der Waals surface area contributed by atoms with Gasteiger partial charge < -0.3 is 34.2 Å². The number of likely N-dealkylation sites (tertiary alicyclic amines) is 1. The van der Waals surface area contributed by atoms with Crippen LogP contribution in [0.5, 0.6) is 11.5 Å². The standard InChI is InChI=1S/C33H47FN6O5/c1-22(2)38(6)30(41)26-15-23(34)7-10-27(26)44-28-16-35-21-36-29(28)40-19-33(20-40)11-13-39(14-12-33)17-25-9-8-24(18-43-25)37-31(42)45-32(3,4)5/h7,10,15-16,21-22,24-25H,8-9,11-14,17-20H2,1-6H3,(H,37,42)/t24-,25+/m1/s1. The van der Waals surface area contributed by atoms with Crippen molar-refractivity contribution in [2.24, 2.45) is 5.41 Å². The SMILES string of the molecule is CC(C)N(C)C(=O)c1cc(F)ccc1Oc1cncnc1N1CC2(CCN(C[C@@H]3CC[C@@H](NC(=O)OC(C)(C)C)CO3)CC2)C1. The molecular formula is C33H47FN6O5. The summed E-state index contributed by atoms with van der Waals surface area (Å²) < 4.78 is 31.8. The maximum atomic E-state index is 14.2. The Kier molecular flexibility index (Phi) is 9.83. The van der Waals surface area contributed by atoms with Crippen molar-refractivity contribution in [2.45, 2.75) is 84.1 Å². The lowest BCUT2D eigenvalue weighted by Crippen LogP contribution is -2.61. The molecule has 0 bridgehead atoms. The van der Waals surface area contributed by atoms with E-state index in [1.54, 1.807) is 18.1 Å². The van der Waals surface area contributed by atoms with Crippen LogP contribution in [0.2, 0.25) is 0 Å². The Hall–Kier alpha value is -3.51. The molecule has 2 aromatic rings. The fourth-order valence-electron chi connectivity index (χ4n) is 6.19. The highest BCUT2D eigenvalue weighted by Crippen LogP contribution is 2.45. The summed E-state index contributed by atoms with van der Waals surface area (Å²) >= 11 is 0. The van der Waals surface area contributed by atoms with E-state index < -0.39 is 17.5 Å². The number of hydrogen-bond donors (Lipinski definition) is 1. The van der Waals surface area contributed by atoms with Gasteiger partial charge in [0, 0.05) is 38.1 Å². The van der Waals surface area contributed by atoms with Crippen molar-refractivity contribution in [1.82, 2.24) is 25.1 Å². The first-order chi connectivity index (χ1) is 21.3. The molecule has 246 valence electrons. The van der Waals surface area contributed by atoms with E-state index in [9.17, 15) is 14.0 Å². The van der Waals surface area contributed by atoms with Crippen LogP contribution in [0.25, 0.3) is 0 Å². The lowest BCUT2D eigenvalue weighted by molar-refractivity contribution is -0.0347. The average molecular weight is 627 g/mol. The Bertz CT molecular complexity index is 1340. The van der Waals surface area contributed by atoms with Crippen LogP contribution in [0.4, 0.5) is 15.0 Å². The molecule has 2 amide bonds. The van der Waals surface area contributed by atoms with Gasteiger partial charge in [-0.05, 0) is 91.6 Å². The second-order valence-corrected chi connectivity index (χ2v) is 14.0. The second kappa shape index (κ2) is 13.5. The highest BCUT2D eigenvalue weighted by molar-refractivity contribution is 5.97. The van der Waals surface area contributed by atoms with Crippen molar-refractivity contribution < 1.29 is 28.2 Å². The number of nitrogens with one attached hydrogen (secondary N) is 1. The maximum Gasteiger partial charge on any atom is 0.407 e. The van der Waals surface area contributed by atoms with Crippen LogP contribution in [-0.4, -0.2) is 102 Å². The molecule has 12 heteroatoms. The molecule has 2 atom stereocenters. The number of hydrogen-bond acceptors (Lipinski definition) is 9. The smallest absolute Gasteiger partial charge is 0.407 e. The van der Waals surface area contributed by atoms with E-state index in [1.165, 1.54) is 24.5 Å². The summed E-state index contributed by atoms with van der Waals surface area (Å²) in [4.78, 5) is 40.1. The van der Waals surface area contributed by atoms with Crippen molar-refractivity contribution in [1.29, 1.82) is 0 Å². The fourth-order valence-corrected chi connectivity index (χ4v) is 6.19. The van der Waals surface area contributed by atoms with Crippen molar-refractivity contribution in [3.63, 3.8) is 0 Å². The van der Waals surface area contributed by atoms with Gasteiger partial charge in [-0.2, -0.15) is 0 Å². The molecule has 11 nitrogen and oxygen atoms in total. The van der Waals surface area contributed by atoms with Gasteiger partial charge in [0.05, 0.1) is 30.5 Å². The second-order valence-electron chi connectivity index (χ2n) is 14.0. The molecule has 0 aliphatic carbocycles. The van der Waals surface area contributed by atoms with Crippen LogP contribution in [0.15, 0.2) is 30.7 Å². The van der Waals surface area contributed by atoms with Gasteiger partial charge >= 0.3 is 6.09 Å². The number of aromatic nitrogens is 2. The molecule has 0 unspecified atom stereocenters. The normalized spacial score (nSPS) is 21.7. The van der Waals surface area contributed by atoms with E-state index in [-0.39, 0.29) is 40.8 Å². The summed E-state index contributed by atoms with van der Waals surface area (Å²) in [5.41, 5.74) is -0.146. The van der Waals surface area contributed by atoms with E-state index >= 15 is 0 Å². The third-order valence-corrected chi connectivity index (χ3v) is 8.97. The summed E-state index contributed by atoms with van der Waals surface area (Å²) in [6.07, 6.45) is 6.81. The highest BCUT2D eigenvalue weighted by Gasteiger charge is 2.46. The Morgan fingerprint density at radius 2 is 1.91 bits per heavy atom. The quantitative estimate of drug-likeness (QED) is 0.439. The number of amides is 2. The van der Waals surface area contributed by atoms with Gasteiger partial charge in [-0.1, -0.05) is 0 Å². The number of halogens is 1. The predicted molar refractivity (Wildman–Crippen MR) is 168 cm³/mol. The summed E-state index contributed by atoms with van der Waals surface area (Å²) in [6, 6.07) is 3.91. The molecule has 1 spiro atoms. The fraction of sp³-hybridized carbons (Fsp3) is 0.636. The average Bonchev–Trinajstić information content (AvgIpc) is 2.97. The van der Waals surface area contributed by atoms with Crippen LogP contribution >= 0.6 is 0 Å². The summed E-state index contributed by atoms with van der Waals surface area (Å²) in [5.74, 6) is 0.557. The molecule has 45 heavy (non-hydrogen) atoms. The number of ether oxygens (including phenoxy) is 3. The Morgan fingerprint density at radius 1 is 1.18 bits per heavy atom. The minimum absolute atomic E-state index is 0.0196. The molecular weight excluding hydrogens is 579 g/mol. The summed E-state index contributed by atoms with van der Waals surface area (Å²) in [7, 11) is 1.69. The molecule has 5 rings (SSSR count). The third-order valence-electron chi connectivity index (χ3n) is 8.97. The first kappa shape index (κ1) is 32.9. The molecule has 0 radical (unpaired) electrons. The number of rotatable bonds is 8. The first-order valence-corrected chi connectivity index (χ1v) is 15.9. The van der Waals surface area contributed by atoms with E-state index in [4.69, 9.17) is 14.2 Å². The van der Waals surface area contributed by atoms with E-state index in [0.29, 0.717) is 18.2 Å². The minimum atomic E-state index is -0.518. The molecule has 3 fully saturated rings. The Labute approximate surface area is 265 Å². The molecule has 1 aromatic carbocycles. The monoisotopic (exact) mass is 626 g/mol. The van der Waals surface area contributed by atoms with Gasteiger partial charge in [0.15, 0.2) is 11.6 Å². The predicted octanol–water partition coefficient (Wildman–Crippen LogP) is 4.86. The lowest BCUT2D eigenvalue weighted by Gasteiger charge is -2.54. The number of alkyl carbamates (subject to hydrolysis) is 1. The summed E-state index contributed by atoms with van der Waals surface area (Å²) in [6.45, 7) is 14.5. The van der Waals surface area contributed by atoms with Crippen molar-refractivity contribution in [3.05, 3.63) is 42.1 Å². The summed E-state index contributed by atoms with van der Waals surface area (Å²) in [5, 5.41) is 2.92. The van der Waals surface area contributed by atoms with Gasteiger partial charge in [0.1, 0.15) is 23.5 Å². The molecule has 4 heterocycles. The number of carbonyl (C=O) groups excluding carboxylic acids is 2. The largest absolute Gasteiger partial charge is 0.451 e. The number of nitrogens with zero attached hydrogens (tertiary/aromatic N) is 5. The van der Waals surface area contributed by atoms with Crippen LogP contribution in [-0.2, 0) is 9.47 Å². The molecule has 3 saturated heterocycles. The van der Waals surface area contributed by atoms with Gasteiger partial charge in [0.25, 0.3) is 5.91 Å². The zero-order valence-electron chi connectivity index (χ0n) is 27.3. The number of carbonyl (C=O) groups is 2. The van der Waals surface area contributed by atoms with Gasteiger partial charge in [-0.3, -0.25) is 4.79 Å². The first-order valence-electron chi connectivity index (χ1n) is 15.9. The Morgan fingerprint density at radius 3 is 2.56 bits per heavy atom. The molecule has 3 aliphatic heterocycles. The molecule has 3 aliphatic rings. The van der Waals surface area contributed by atoms with Crippen LogP contribution in [0.3, 0.4) is 0 Å². The molecule has 1 aromatic heterocycles. The van der Waals surface area contributed by atoms with Crippen LogP contribution < -0.4 is 15.0 Å². The van der Waals surface area contributed by atoms with Crippen molar-refractivity contribution in [2.75, 3.05) is 51.3 Å². The molecule has 1 N–H and O–H groups in total. The zero-order valence-corrected chi connectivity index (χ0v) is 27.3. The van der Waals surface area contributed by atoms with E-state index in [0.717, 1.165) is 58.4 Å². The van der Waals surface area contributed by atoms with Crippen LogP contribution in [0.1, 0.15) is 70.7 Å². The number of benzene rings is 1. The van der Waals surface area contributed by atoms with Gasteiger partial charge in [0.2, 0.25) is 0 Å². The van der Waals surface area contributed by atoms with E-state index in [1.807, 2.05) is 34.6 Å². The van der Waals surface area contributed by atoms with E-state index in [2.05, 4.69) is 25.1 Å². The zero-order chi connectivity index (χ0) is 32.4. The number of piperidine rings is 1. The minimum Gasteiger partial charge on any atom is -0.451 e. The maximum absolute atomic E-state index is 14.2. The van der Waals surface area contributed by atoms with Crippen molar-refractivity contribution >= 4 is 17.8 Å². The van der Waals surface area contributed by atoms with Crippen molar-refractivity contribution in [3.8, 4) is 11.5 Å². The topological polar surface area (TPSA) is 109 Å².